The van der Waals surface area contributed by atoms with Crippen LogP contribution in [0, 0.1) is 5.92 Å². The largest absolute Gasteiger partial charge is 0.481 e. The first-order valence-corrected chi connectivity index (χ1v) is 6.24. The number of rotatable bonds is 6. The van der Waals surface area contributed by atoms with Crippen molar-refractivity contribution in [3.8, 4) is 0 Å². The fourth-order valence-electron chi connectivity index (χ4n) is 1.91. The molecule has 98 valence electrons. The van der Waals surface area contributed by atoms with Crippen molar-refractivity contribution in [2.75, 3.05) is 13.2 Å². The van der Waals surface area contributed by atoms with Crippen LogP contribution in [0.5, 0.6) is 0 Å². The molecule has 0 aliphatic carbocycles. The Morgan fingerprint density at radius 2 is 2.24 bits per heavy atom. The maximum atomic E-state index is 11.7. The minimum atomic E-state index is -0.819. The highest BCUT2D eigenvalue weighted by atomic mass is 16.5. The molecule has 2 unspecified atom stereocenters. The van der Waals surface area contributed by atoms with Crippen LogP contribution in [-0.2, 0) is 14.3 Å². The van der Waals surface area contributed by atoms with Crippen LogP contribution in [0.25, 0.3) is 0 Å². The number of hydrogen-bond acceptors (Lipinski definition) is 3. The first kappa shape index (κ1) is 14.0. The van der Waals surface area contributed by atoms with Crippen LogP contribution in [0.4, 0.5) is 0 Å². The Kier molecular flexibility index (Phi) is 5.97. The summed E-state index contributed by atoms with van der Waals surface area (Å²) in [7, 11) is 0. The molecule has 1 heterocycles. The van der Waals surface area contributed by atoms with E-state index in [1.807, 2.05) is 6.92 Å². The minimum Gasteiger partial charge on any atom is -0.481 e. The summed E-state index contributed by atoms with van der Waals surface area (Å²) < 4.78 is 5.36. The van der Waals surface area contributed by atoms with Gasteiger partial charge in [-0.3, -0.25) is 9.59 Å². The molecule has 2 N–H and O–H groups in total. The number of carbonyl (C=O) groups excluding carboxylic acids is 1. The van der Waals surface area contributed by atoms with Gasteiger partial charge in [-0.2, -0.15) is 0 Å². The summed E-state index contributed by atoms with van der Waals surface area (Å²) in [5.41, 5.74) is 0. The zero-order valence-electron chi connectivity index (χ0n) is 10.3. The number of ether oxygens (including phenoxy) is 1. The van der Waals surface area contributed by atoms with Crippen molar-refractivity contribution < 1.29 is 19.4 Å². The SMILES string of the molecule is CCC(CNC(=O)C1CCCCO1)CC(=O)O. The Labute approximate surface area is 102 Å². The number of amides is 1. The highest BCUT2D eigenvalue weighted by molar-refractivity contribution is 5.80. The van der Waals surface area contributed by atoms with Gasteiger partial charge in [-0.25, -0.2) is 0 Å². The molecule has 17 heavy (non-hydrogen) atoms. The van der Waals surface area contributed by atoms with Gasteiger partial charge in [-0.15, -0.1) is 0 Å². The number of aliphatic carboxylic acids is 1. The van der Waals surface area contributed by atoms with Crippen molar-refractivity contribution in [1.29, 1.82) is 0 Å². The normalized spacial score (nSPS) is 21.8. The fourth-order valence-corrected chi connectivity index (χ4v) is 1.91. The standard InChI is InChI=1S/C12H21NO4/c1-2-9(7-11(14)15)8-13-12(16)10-5-3-4-6-17-10/h9-10H,2-8H2,1H3,(H,13,16)(H,14,15). The average molecular weight is 243 g/mol. The van der Waals surface area contributed by atoms with E-state index in [4.69, 9.17) is 9.84 Å². The molecule has 1 aliphatic rings. The Bertz CT molecular complexity index is 261. The second-order valence-corrected chi connectivity index (χ2v) is 4.47. The third-order valence-electron chi connectivity index (χ3n) is 3.08. The van der Waals surface area contributed by atoms with Gasteiger partial charge in [0.15, 0.2) is 0 Å². The summed E-state index contributed by atoms with van der Waals surface area (Å²) in [6.07, 6.45) is 3.30. The first-order chi connectivity index (χ1) is 8.13. The minimum absolute atomic E-state index is 0.0000376. The predicted molar refractivity (Wildman–Crippen MR) is 62.6 cm³/mol. The third kappa shape index (κ3) is 5.17. The fraction of sp³-hybridized carbons (Fsp3) is 0.833. The molecule has 1 amide bonds. The lowest BCUT2D eigenvalue weighted by Crippen LogP contribution is -2.40. The lowest BCUT2D eigenvalue weighted by Gasteiger charge is -2.22. The van der Waals surface area contributed by atoms with Crippen LogP contribution < -0.4 is 5.32 Å². The van der Waals surface area contributed by atoms with Crippen molar-refractivity contribution in [3.05, 3.63) is 0 Å². The van der Waals surface area contributed by atoms with E-state index in [1.54, 1.807) is 0 Å². The summed E-state index contributed by atoms with van der Waals surface area (Å²) in [4.78, 5) is 22.3. The first-order valence-electron chi connectivity index (χ1n) is 6.24. The average Bonchev–Trinajstić information content (AvgIpc) is 2.34. The molecule has 5 nitrogen and oxygen atoms in total. The zero-order valence-corrected chi connectivity index (χ0v) is 10.3. The van der Waals surface area contributed by atoms with Crippen molar-refractivity contribution in [2.45, 2.75) is 45.1 Å². The monoisotopic (exact) mass is 243 g/mol. The number of carboxylic acids is 1. The van der Waals surface area contributed by atoms with E-state index in [1.165, 1.54) is 0 Å². The van der Waals surface area contributed by atoms with E-state index in [0.717, 1.165) is 25.7 Å². The van der Waals surface area contributed by atoms with Crippen molar-refractivity contribution in [3.63, 3.8) is 0 Å². The molecule has 1 aliphatic heterocycles. The number of nitrogens with one attached hydrogen (secondary N) is 1. The summed E-state index contributed by atoms with van der Waals surface area (Å²) in [5.74, 6) is -0.923. The lowest BCUT2D eigenvalue weighted by atomic mass is 10.0. The predicted octanol–water partition coefficient (Wildman–Crippen LogP) is 1.17. The van der Waals surface area contributed by atoms with Crippen LogP contribution in [0.2, 0.25) is 0 Å². The molecule has 1 saturated heterocycles. The highest BCUT2D eigenvalue weighted by Crippen LogP contribution is 2.13. The molecule has 0 spiro atoms. The molecular weight excluding hydrogens is 222 g/mol. The maximum Gasteiger partial charge on any atom is 0.303 e. The smallest absolute Gasteiger partial charge is 0.303 e. The van der Waals surface area contributed by atoms with E-state index in [9.17, 15) is 9.59 Å². The van der Waals surface area contributed by atoms with Crippen LogP contribution in [0.15, 0.2) is 0 Å². The second-order valence-electron chi connectivity index (χ2n) is 4.47. The van der Waals surface area contributed by atoms with Crippen LogP contribution >= 0.6 is 0 Å². The van der Waals surface area contributed by atoms with Gasteiger partial charge in [-0.05, 0) is 25.2 Å². The molecule has 1 fully saturated rings. The Morgan fingerprint density at radius 3 is 2.76 bits per heavy atom. The molecular formula is C12H21NO4. The molecule has 1 rings (SSSR count). The van der Waals surface area contributed by atoms with Gasteiger partial charge in [-0.1, -0.05) is 13.3 Å². The Balaban J connectivity index is 2.27. The van der Waals surface area contributed by atoms with Gasteiger partial charge in [0.1, 0.15) is 6.10 Å². The number of carbonyl (C=O) groups is 2. The molecule has 5 heteroatoms. The second kappa shape index (κ2) is 7.27. The van der Waals surface area contributed by atoms with E-state index in [-0.39, 0.29) is 24.3 Å². The van der Waals surface area contributed by atoms with Gasteiger partial charge in [0.25, 0.3) is 0 Å². The van der Waals surface area contributed by atoms with Gasteiger partial charge in [0, 0.05) is 19.6 Å². The molecule has 0 aromatic heterocycles. The summed E-state index contributed by atoms with van der Waals surface area (Å²) in [6, 6.07) is 0. The topological polar surface area (TPSA) is 75.6 Å². The van der Waals surface area contributed by atoms with E-state index >= 15 is 0 Å². The van der Waals surface area contributed by atoms with Gasteiger partial charge >= 0.3 is 5.97 Å². The maximum absolute atomic E-state index is 11.7. The van der Waals surface area contributed by atoms with Crippen molar-refractivity contribution >= 4 is 11.9 Å². The Hall–Kier alpha value is -1.10. The summed E-state index contributed by atoms with van der Waals surface area (Å²) in [5, 5.41) is 11.5. The van der Waals surface area contributed by atoms with Crippen molar-refractivity contribution in [1.82, 2.24) is 5.32 Å². The summed E-state index contributed by atoms with van der Waals surface area (Å²) in [6.45, 7) is 2.99. The van der Waals surface area contributed by atoms with Crippen LogP contribution in [0.3, 0.4) is 0 Å². The van der Waals surface area contributed by atoms with E-state index in [0.29, 0.717) is 13.2 Å². The zero-order chi connectivity index (χ0) is 12.7. The summed E-state index contributed by atoms with van der Waals surface area (Å²) >= 11 is 0. The molecule has 0 saturated carbocycles. The van der Waals surface area contributed by atoms with Crippen LogP contribution in [-0.4, -0.2) is 36.2 Å². The van der Waals surface area contributed by atoms with E-state index < -0.39 is 5.97 Å². The van der Waals surface area contributed by atoms with Gasteiger partial charge < -0.3 is 15.2 Å². The van der Waals surface area contributed by atoms with Crippen LogP contribution in [0.1, 0.15) is 39.0 Å². The molecule has 0 radical (unpaired) electrons. The van der Waals surface area contributed by atoms with Gasteiger partial charge in [0.2, 0.25) is 5.91 Å². The quantitative estimate of drug-likeness (QED) is 0.734. The molecule has 0 aromatic carbocycles. The molecule has 0 aromatic rings. The Morgan fingerprint density at radius 1 is 1.47 bits per heavy atom. The van der Waals surface area contributed by atoms with E-state index in [2.05, 4.69) is 5.32 Å². The third-order valence-corrected chi connectivity index (χ3v) is 3.08. The number of hydrogen-bond donors (Lipinski definition) is 2. The lowest BCUT2D eigenvalue weighted by molar-refractivity contribution is -0.139. The van der Waals surface area contributed by atoms with Crippen molar-refractivity contribution in [2.24, 2.45) is 5.92 Å². The van der Waals surface area contributed by atoms with Gasteiger partial charge in [0.05, 0.1) is 0 Å². The number of carboxylic acid groups (broad SMARTS) is 1. The molecule has 2 atom stereocenters. The highest BCUT2D eigenvalue weighted by Gasteiger charge is 2.22. The molecule has 0 bridgehead atoms.